The minimum Gasteiger partial charge on any atom is -0.497 e. The van der Waals surface area contributed by atoms with Gasteiger partial charge in [0.1, 0.15) is 17.2 Å². The molecule has 0 unspecified atom stereocenters. The Kier molecular flexibility index (Phi) is 5.86. The van der Waals surface area contributed by atoms with E-state index in [1.165, 1.54) is 0 Å². The summed E-state index contributed by atoms with van der Waals surface area (Å²) in [5, 5.41) is 2.86. The number of ether oxygens (including phenoxy) is 3. The number of amides is 1. The maximum absolute atomic E-state index is 12.2. The molecule has 5 nitrogen and oxygen atoms in total. The summed E-state index contributed by atoms with van der Waals surface area (Å²) in [5.74, 6) is 2.07. The summed E-state index contributed by atoms with van der Waals surface area (Å²) in [6.45, 7) is 0. The SMILES string of the molecule is COc1cccc(NC(=O)CCc2c(OC)cccc2OC)c1. The second-order valence-electron chi connectivity index (χ2n) is 4.92. The number of hydrogen-bond acceptors (Lipinski definition) is 4. The van der Waals surface area contributed by atoms with Gasteiger partial charge in [0.05, 0.1) is 21.3 Å². The van der Waals surface area contributed by atoms with E-state index in [1.807, 2.05) is 36.4 Å². The molecule has 0 saturated heterocycles. The second kappa shape index (κ2) is 8.08. The molecule has 0 aromatic heterocycles. The van der Waals surface area contributed by atoms with Gasteiger partial charge in [-0.25, -0.2) is 0 Å². The van der Waals surface area contributed by atoms with Crippen LogP contribution in [0.4, 0.5) is 5.69 Å². The van der Waals surface area contributed by atoms with E-state index in [0.717, 1.165) is 17.1 Å². The van der Waals surface area contributed by atoms with Gasteiger partial charge in [-0.15, -0.1) is 0 Å². The quantitative estimate of drug-likeness (QED) is 0.852. The molecule has 0 aliphatic carbocycles. The molecular formula is C18H21NO4. The lowest BCUT2D eigenvalue weighted by atomic mass is 10.1. The van der Waals surface area contributed by atoms with Gasteiger partial charge in [0, 0.05) is 23.7 Å². The summed E-state index contributed by atoms with van der Waals surface area (Å²) in [4.78, 5) is 12.2. The lowest BCUT2D eigenvalue weighted by molar-refractivity contribution is -0.116. The average molecular weight is 315 g/mol. The summed E-state index contributed by atoms with van der Waals surface area (Å²) >= 11 is 0. The molecule has 2 aromatic carbocycles. The second-order valence-corrected chi connectivity index (χ2v) is 4.92. The van der Waals surface area contributed by atoms with Gasteiger partial charge in [0.15, 0.2) is 0 Å². The number of carbonyl (C=O) groups is 1. The third-order valence-corrected chi connectivity index (χ3v) is 3.49. The Labute approximate surface area is 136 Å². The van der Waals surface area contributed by atoms with E-state index in [-0.39, 0.29) is 5.91 Å². The zero-order valence-electron chi connectivity index (χ0n) is 13.6. The predicted octanol–water partition coefficient (Wildman–Crippen LogP) is 3.28. The van der Waals surface area contributed by atoms with Gasteiger partial charge >= 0.3 is 0 Å². The molecule has 5 heteroatoms. The first-order chi connectivity index (χ1) is 11.2. The highest BCUT2D eigenvalue weighted by Gasteiger charge is 2.12. The van der Waals surface area contributed by atoms with Crippen LogP contribution < -0.4 is 19.5 Å². The molecule has 0 bridgehead atoms. The van der Waals surface area contributed by atoms with E-state index < -0.39 is 0 Å². The summed E-state index contributed by atoms with van der Waals surface area (Å²) in [5.41, 5.74) is 1.60. The third kappa shape index (κ3) is 4.39. The lowest BCUT2D eigenvalue weighted by Gasteiger charge is -2.13. The first-order valence-electron chi connectivity index (χ1n) is 7.31. The molecule has 0 saturated carbocycles. The molecule has 2 rings (SSSR count). The summed E-state index contributed by atoms with van der Waals surface area (Å²) in [7, 11) is 4.80. The minimum absolute atomic E-state index is 0.0776. The van der Waals surface area contributed by atoms with E-state index >= 15 is 0 Å². The van der Waals surface area contributed by atoms with Crippen LogP contribution in [0, 0.1) is 0 Å². The van der Waals surface area contributed by atoms with Gasteiger partial charge in [-0.3, -0.25) is 4.79 Å². The van der Waals surface area contributed by atoms with Gasteiger partial charge in [-0.1, -0.05) is 12.1 Å². The van der Waals surface area contributed by atoms with E-state index in [1.54, 1.807) is 27.4 Å². The lowest BCUT2D eigenvalue weighted by Crippen LogP contribution is -2.13. The molecule has 1 N–H and O–H groups in total. The van der Waals surface area contributed by atoms with Crippen LogP contribution in [-0.2, 0) is 11.2 Å². The molecule has 0 spiro atoms. The van der Waals surface area contributed by atoms with E-state index in [4.69, 9.17) is 14.2 Å². The van der Waals surface area contributed by atoms with Crippen molar-refractivity contribution in [2.24, 2.45) is 0 Å². The Morgan fingerprint density at radius 2 is 1.61 bits per heavy atom. The third-order valence-electron chi connectivity index (χ3n) is 3.49. The molecular weight excluding hydrogens is 294 g/mol. The van der Waals surface area contributed by atoms with Crippen molar-refractivity contribution in [3.63, 3.8) is 0 Å². The maximum Gasteiger partial charge on any atom is 0.224 e. The standard InChI is InChI=1S/C18H21NO4/c1-21-14-7-4-6-13(12-14)19-18(20)11-10-15-16(22-2)8-5-9-17(15)23-3/h4-9,12H,10-11H2,1-3H3,(H,19,20). The van der Waals surface area contributed by atoms with Crippen molar-refractivity contribution in [2.45, 2.75) is 12.8 Å². The van der Waals surface area contributed by atoms with Crippen LogP contribution in [0.3, 0.4) is 0 Å². The number of rotatable bonds is 7. The Bertz CT molecular complexity index is 648. The molecule has 0 aliphatic heterocycles. The smallest absolute Gasteiger partial charge is 0.224 e. The number of anilines is 1. The molecule has 122 valence electrons. The fourth-order valence-electron chi connectivity index (χ4n) is 2.34. The van der Waals surface area contributed by atoms with Crippen LogP contribution in [0.2, 0.25) is 0 Å². The van der Waals surface area contributed by atoms with E-state index in [9.17, 15) is 4.79 Å². The van der Waals surface area contributed by atoms with Gasteiger partial charge in [0.2, 0.25) is 5.91 Å². The molecule has 2 aromatic rings. The number of nitrogens with one attached hydrogen (secondary N) is 1. The van der Waals surface area contributed by atoms with Crippen molar-refractivity contribution in [1.82, 2.24) is 0 Å². The number of hydrogen-bond donors (Lipinski definition) is 1. The highest BCUT2D eigenvalue weighted by atomic mass is 16.5. The van der Waals surface area contributed by atoms with Gasteiger partial charge in [0.25, 0.3) is 0 Å². The normalized spacial score (nSPS) is 10.0. The Morgan fingerprint density at radius 1 is 0.957 bits per heavy atom. The summed E-state index contributed by atoms with van der Waals surface area (Å²) in [6, 6.07) is 12.8. The predicted molar refractivity (Wildman–Crippen MR) is 89.5 cm³/mol. The number of carbonyl (C=O) groups excluding carboxylic acids is 1. The fraction of sp³-hybridized carbons (Fsp3) is 0.278. The van der Waals surface area contributed by atoms with Crippen LogP contribution >= 0.6 is 0 Å². The van der Waals surface area contributed by atoms with Crippen LogP contribution in [0.15, 0.2) is 42.5 Å². The van der Waals surface area contributed by atoms with Crippen molar-refractivity contribution >= 4 is 11.6 Å². The molecule has 0 fully saturated rings. The first-order valence-corrected chi connectivity index (χ1v) is 7.31. The summed E-state index contributed by atoms with van der Waals surface area (Å²) in [6.07, 6.45) is 0.858. The molecule has 0 aliphatic rings. The molecule has 1 amide bonds. The van der Waals surface area contributed by atoms with Crippen molar-refractivity contribution in [1.29, 1.82) is 0 Å². The minimum atomic E-state index is -0.0776. The number of methoxy groups -OCH3 is 3. The van der Waals surface area contributed by atoms with Crippen LogP contribution in [0.25, 0.3) is 0 Å². The van der Waals surface area contributed by atoms with Crippen molar-refractivity contribution in [3.8, 4) is 17.2 Å². The number of benzene rings is 2. The van der Waals surface area contributed by atoms with Crippen LogP contribution in [0.1, 0.15) is 12.0 Å². The van der Waals surface area contributed by atoms with Crippen LogP contribution in [0.5, 0.6) is 17.2 Å². The molecule has 0 radical (unpaired) electrons. The van der Waals surface area contributed by atoms with Crippen LogP contribution in [-0.4, -0.2) is 27.2 Å². The van der Waals surface area contributed by atoms with Crippen molar-refractivity contribution < 1.29 is 19.0 Å². The Morgan fingerprint density at radius 3 is 2.22 bits per heavy atom. The van der Waals surface area contributed by atoms with Crippen molar-refractivity contribution in [3.05, 3.63) is 48.0 Å². The molecule has 0 atom stereocenters. The van der Waals surface area contributed by atoms with E-state index in [2.05, 4.69) is 5.32 Å². The van der Waals surface area contributed by atoms with Gasteiger partial charge in [-0.2, -0.15) is 0 Å². The molecule has 23 heavy (non-hydrogen) atoms. The first kappa shape index (κ1) is 16.7. The van der Waals surface area contributed by atoms with E-state index in [0.29, 0.717) is 24.3 Å². The molecule has 0 heterocycles. The average Bonchev–Trinajstić information content (AvgIpc) is 2.59. The monoisotopic (exact) mass is 315 g/mol. The zero-order valence-corrected chi connectivity index (χ0v) is 13.6. The highest BCUT2D eigenvalue weighted by Crippen LogP contribution is 2.29. The maximum atomic E-state index is 12.2. The highest BCUT2D eigenvalue weighted by molar-refractivity contribution is 5.91. The zero-order chi connectivity index (χ0) is 16.7. The Balaban J connectivity index is 2.02. The van der Waals surface area contributed by atoms with Gasteiger partial charge in [-0.05, 0) is 30.7 Å². The van der Waals surface area contributed by atoms with Crippen molar-refractivity contribution in [2.75, 3.05) is 26.6 Å². The summed E-state index contributed by atoms with van der Waals surface area (Å²) < 4.78 is 15.8. The topological polar surface area (TPSA) is 56.8 Å². The largest absolute Gasteiger partial charge is 0.497 e. The Hall–Kier alpha value is -2.69. The fourth-order valence-corrected chi connectivity index (χ4v) is 2.34. The van der Waals surface area contributed by atoms with Gasteiger partial charge < -0.3 is 19.5 Å².